The highest BCUT2D eigenvalue weighted by Gasteiger charge is 2.45. The molecule has 0 aliphatic heterocycles. The average Bonchev–Trinajstić information content (AvgIpc) is 3.48. The SMILES string of the molecule is COc1ccc(OC)c(C2CC2C(=O)Nc2ccc(C(=O)O)cc2OC)c1. The molecule has 27 heavy (non-hydrogen) atoms. The van der Waals surface area contributed by atoms with Crippen molar-refractivity contribution < 1.29 is 28.9 Å². The van der Waals surface area contributed by atoms with Crippen LogP contribution >= 0.6 is 0 Å². The van der Waals surface area contributed by atoms with Gasteiger partial charge in [0.1, 0.15) is 17.2 Å². The van der Waals surface area contributed by atoms with Gasteiger partial charge in [0, 0.05) is 17.4 Å². The second-order valence-electron chi connectivity index (χ2n) is 6.27. The molecule has 1 saturated carbocycles. The van der Waals surface area contributed by atoms with Crippen LogP contribution in [0.4, 0.5) is 5.69 Å². The maximum absolute atomic E-state index is 12.6. The van der Waals surface area contributed by atoms with Crippen LogP contribution < -0.4 is 19.5 Å². The Kier molecular flexibility index (Phi) is 5.21. The molecule has 2 N–H and O–H groups in total. The number of rotatable bonds is 7. The van der Waals surface area contributed by atoms with Crippen LogP contribution in [0.15, 0.2) is 36.4 Å². The monoisotopic (exact) mass is 371 g/mol. The molecule has 2 unspecified atom stereocenters. The van der Waals surface area contributed by atoms with E-state index in [2.05, 4.69) is 5.32 Å². The van der Waals surface area contributed by atoms with E-state index < -0.39 is 5.97 Å². The van der Waals surface area contributed by atoms with Crippen LogP contribution in [0, 0.1) is 5.92 Å². The Morgan fingerprint density at radius 3 is 2.37 bits per heavy atom. The molecule has 1 amide bonds. The Morgan fingerprint density at radius 1 is 1.00 bits per heavy atom. The minimum Gasteiger partial charge on any atom is -0.497 e. The number of methoxy groups -OCH3 is 3. The molecule has 0 bridgehead atoms. The molecule has 7 nitrogen and oxygen atoms in total. The quantitative estimate of drug-likeness (QED) is 0.776. The van der Waals surface area contributed by atoms with Gasteiger partial charge in [-0.25, -0.2) is 4.79 Å². The first-order valence-electron chi connectivity index (χ1n) is 8.42. The minimum absolute atomic E-state index is 0.0411. The average molecular weight is 371 g/mol. The topological polar surface area (TPSA) is 94.1 Å². The summed E-state index contributed by atoms with van der Waals surface area (Å²) in [5, 5.41) is 11.9. The summed E-state index contributed by atoms with van der Waals surface area (Å²) in [5.41, 5.74) is 1.47. The summed E-state index contributed by atoms with van der Waals surface area (Å²) in [6, 6.07) is 9.87. The molecule has 0 radical (unpaired) electrons. The zero-order valence-electron chi connectivity index (χ0n) is 15.3. The lowest BCUT2D eigenvalue weighted by molar-refractivity contribution is -0.117. The van der Waals surface area contributed by atoms with Crippen molar-refractivity contribution in [3.05, 3.63) is 47.5 Å². The predicted molar refractivity (Wildman–Crippen MR) is 99.0 cm³/mol. The lowest BCUT2D eigenvalue weighted by Crippen LogP contribution is -2.15. The molecule has 0 aromatic heterocycles. The summed E-state index contributed by atoms with van der Waals surface area (Å²) in [6.45, 7) is 0. The van der Waals surface area contributed by atoms with Crippen molar-refractivity contribution >= 4 is 17.6 Å². The zero-order chi connectivity index (χ0) is 19.6. The van der Waals surface area contributed by atoms with Gasteiger partial charge >= 0.3 is 5.97 Å². The number of amides is 1. The van der Waals surface area contributed by atoms with Gasteiger partial charge in [-0.05, 0) is 42.8 Å². The number of nitrogens with one attached hydrogen (secondary N) is 1. The molecule has 0 saturated heterocycles. The van der Waals surface area contributed by atoms with Gasteiger partial charge in [-0.1, -0.05) is 0 Å². The lowest BCUT2D eigenvalue weighted by atomic mass is 10.1. The van der Waals surface area contributed by atoms with Crippen LogP contribution in [0.5, 0.6) is 17.2 Å². The number of benzene rings is 2. The molecule has 1 aliphatic rings. The fraction of sp³-hybridized carbons (Fsp3) is 0.300. The molecule has 1 aliphatic carbocycles. The molecule has 7 heteroatoms. The molecule has 3 rings (SSSR count). The van der Waals surface area contributed by atoms with Crippen LogP contribution in [0.1, 0.15) is 28.3 Å². The lowest BCUT2D eigenvalue weighted by Gasteiger charge is -2.12. The molecule has 0 heterocycles. The zero-order valence-corrected chi connectivity index (χ0v) is 15.3. The highest BCUT2D eigenvalue weighted by molar-refractivity contribution is 5.97. The fourth-order valence-electron chi connectivity index (χ4n) is 3.11. The molecule has 2 aromatic carbocycles. The first kappa shape index (κ1) is 18.6. The van der Waals surface area contributed by atoms with Crippen molar-refractivity contribution in [1.29, 1.82) is 0 Å². The van der Waals surface area contributed by atoms with Crippen molar-refractivity contribution in [2.45, 2.75) is 12.3 Å². The Bertz CT molecular complexity index is 879. The Morgan fingerprint density at radius 2 is 1.74 bits per heavy atom. The predicted octanol–water partition coefficient (Wildman–Crippen LogP) is 3.15. The van der Waals surface area contributed by atoms with Gasteiger partial charge in [0.05, 0.1) is 32.6 Å². The number of ether oxygens (including phenoxy) is 3. The number of aromatic carboxylic acids is 1. The number of anilines is 1. The van der Waals surface area contributed by atoms with Crippen molar-refractivity contribution in [3.63, 3.8) is 0 Å². The third kappa shape index (κ3) is 3.81. The maximum Gasteiger partial charge on any atom is 0.335 e. The molecule has 2 atom stereocenters. The molecule has 0 spiro atoms. The summed E-state index contributed by atoms with van der Waals surface area (Å²) in [4.78, 5) is 23.7. The van der Waals surface area contributed by atoms with E-state index in [4.69, 9.17) is 19.3 Å². The van der Waals surface area contributed by atoms with E-state index in [1.807, 2.05) is 18.2 Å². The molecule has 1 fully saturated rings. The van der Waals surface area contributed by atoms with Crippen LogP contribution in [-0.4, -0.2) is 38.3 Å². The molecule has 142 valence electrons. The highest BCUT2D eigenvalue weighted by atomic mass is 16.5. The van der Waals surface area contributed by atoms with Gasteiger partial charge in [0.25, 0.3) is 0 Å². The Hall–Kier alpha value is -3.22. The van der Waals surface area contributed by atoms with E-state index in [0.717, 1.165) is 11.3 Å². The Balaban J connectivity index is 1.75. The van der Waals surface area contributed by atoms with Crippen LogP contribution in [0.3, 0.4) is 0 Å². The van der Waals surface area contributed by atoms with Crippen LogP contribution in [0.25, 0.3) is 0 Å². The number of carbonyl (C=O) groups excluding carboxylic acids is 1. The van der Waals surface area contributed by atoms with Gasteiger partial charge in [-0.2, -0.15) is 0 Å². The first-order chi connectivity index (χ1) is 13.0. The molecule has 2 aromatic rings. The maximum atomic E-state index is 12.6. The normalized spacial score (nSPS) is 17.7. The summed E-state index contributed by atoms with van der Waals surface area (Å²) in [5.74, 6) is 0.376. The van der Waals surface area contributed by atoms with Gasteiger partial charge in [-0.15, -0.1) is 0 Å². The fourth-order valence-corrected chi connectivity index (χ4v) is 3.11. The largest absolute Gasteiger partial charge is 0.497 e. The van der Waals surface area contributed by atoms with Gasteiger partial charge < -0.3 is 24.6 Å². The number of carbonyl (C=O) groups is 2. The smallest absolute Gasteiger partial charge is 0.335 e. The minimum atomic E-state index is -1.06. The van der Waals surface area contributed by atoms with Crippen LogP contribution in [-0.2, 0) is 4.79 Å². The molecular formula is C20H21NO6. The number of carboxylic acid groups (broad SMARTS) is 1. The van der Waals surface area contributed by atoms with E-state index in [-0.39, 0.29) is 23.3 Å². The van der Waals surface area contributed by atoms with Gasteiger partial charge in [0.15, 0.2) is 0 Å². The van der Waals surface area contributed by atoms with E-state index in [1.54, 1.807) is 14.2 Å². The van der Waals surface area contributed by atoms with E-state index in [9.17, 15) is 9.59 Å². The number of carboxylic acids is 1. The summed E-state index contributed by atoms with van der Waals surface area (Å²) < 4.78 is 15.9. The highest BCUT2D eigenvalue weighted by Crippen LogP contribution is 2.51. The summed E-state index contributed by atoms with van der Waals surface area (Å²) >= 11 is 0. The van der Waals surface area contributed by atoms with Gasteiger partial charge in [-0.3, -0.25) is 4.79 Å². The van der Waals surface area contributed by atoms with Crippen molar-refractivity contribution in [3.8, 4) is 17.2 Å². The van der Waals surface area contributed by atoms with Gasteiger partial charge in [0.2, 0.25) is 5.91 Å². The first-order valence-corrected chi connectivity index (χ1v) is 8.42. The van der Waals surface area contributed by atoms with Crippen molar-refractivity contribution in [1.82, 2.24) is 0 Å². The Labute approximate surface area is 156 Å². The third-order valence-corrected chi connectivity index (χ3v) is 4.67. The molecular weight excluding hydrogens is 350 g/mol. The standard InChI is InChI=1S/C20H21NO6/c1-25-12-5-7-17(26-2)14(9-12)13-10-15(13)19(22)21-16-6-4-11(20(23)24)8-18(16)27-3/h4-9,13,15H,10H2,1-3H3,(H,21,22)(H,23,24). The number of hydrogen-bond acceptors (Lipinski definition) is 5. The summed E-state index contributed by atoms with van der Waals surface area (Å²) in [6.07, 6.45) is 0.699. The van der Waals surface area contributed by atoms with Crippen molar-refractivity contribution in [2.75, 3.05) is 26.6 Å². The van der Waals surface area contributed by atoms with Crippen LogP contribution in [0.2, 0.25) is 0 Å². The van der Waals surface area contributed by atoms with E-state index >= 15 is 0 Å². The second kappa shape index (κ2) is 7.57. The summed E-state index contributed by atoms with van der Waals surface area (Å²) in [7, 11) is 4.62. The van der Waals surface area contributed by atoms with E-state index in [1.165, 1.54) is 25.3 Å². The second-order valence-corrected chi connectivity index (χ2v) is 6.27. The number of hydrogen-bond donors (Lipinski definition) is 2. The third-order valence-electron chi connectivity index (χ3n) is 4.67. The van der Waals surface area contributed by atoms with Crippen molar-refractivity contribution in [2.24, 2.45) is 5.92 Å². The van der Waals surface area contributed by atoms with E-state index in [0.29, 0.717) is 23.6 Å².